The molecule has 6 heteroatoms. The minimum atomic E-state index is -0.730. The molecule has 17 heavy (non-hydrogen) atoms. The Labute approximate surface area is 101 Å². The normalized spacial score (nSPS) is 23.8. The SMILES string of the molecule is CCCN1CCOC(c2noc([C@H](C)O)n2)C1. The molecule has 96 valence electrons. The van der Waals surface area contributed by atoms with E-state index in [9.17, 15) is 5.11 Å². The Morgan fingerprint density at radius 3 is 3.06 bits per heavy atom. The van der Waals surface area contributed by atoms with Crippen LogP contribution in [0.5, 0.6) is 0 Å². The second-order valence-electron chi connectivity index (χ2n) is 4.33. The van der Waals surface area contributed by atoms with Gasteiger partial charge < -0.3 is 14.4 Å². The average Bonchev–Trinajstić information content (AvgIpc) is 2.79. The van der Waals surface area contributed by atoms with Crippen molar-refractivity contribution in [1.82, 2.24) is 15.0 Å². The predicted molar refractivity (Wildman–Crippen MR) is 60.4 cm³/mol. The Balaban J connectivity index is 2.00. The molecular weight excluding hydrogens is 222 g/mol. The van der Waals surface area contributed by atoms with Gasteiger partial charge in [-0.3, -0.25) is 4.90 Å². The number of hydrogen-bond acceptors (Lipinski definition) is 6. The molecule has 1 fully saturated rings. The molecule has 1 aromatic heterocycles. The van der Waals surface area contributed by atoms with Gasteiger partial charge in [0.1, 0.15) is 12.2 Å². The lowest BCUT2D eigenvalue weighted by Gasteiger charge is -2.30. The van der Waals surface area contributed by atoms with Crippen molar-refractivity contribution < 1.29 is 14.4 Å². The minimum absolute atomic E-state index is 0.147. The van der Waals surface area contributed by atoms with E-state index in [0.717, 1.165) is 26.1 Å². The van der Waals surface area contributed by atoms with Crippen molar-refractivity contribution in [3.8, 4) is 0 Å². The smallest absolute Gasteiger partial charge is 0.255 e. The van der Waals surface area contributed by atoms with Gasteiger partial charge in [0.2, 0.25) is 5.82 Å². The Morgan fingerprint density at radius 2 is 2.41 bits per heavy atom. The first-order chi connectivity index (χ1) is 8.20. The lowest BCUT2D eigenvalue weighted by atomic mass is 10.2. The highest BCUT2D eigenvalue weighted by Crippen LogP contribution is 2.21. The van der Waals surface area contributed by atoms with Gasteiger partial charge in [0.15, 0.2) is 0 Å². The molecule has 2 heterocycles. The Bertz CT molecular complexity index is 351. The number of hydrogen-bond donors (Lipinski definition) is 1. The van der Waals surface area contributed by atoms with Gasteiger partial charge in [-0.15, -0.1) is 0 Å². The third kappa shape index (κ3) is 3.02. The van der Waals surface area contributed by atoms with Crippen molar-refractivity contribution in [3.63, 3.8) is 0 Å². The van der Waals surface area contributed by atoms with Gasteiger partial charge in [0.05, 0.1) is 6.61 Å². The number of ether oxygens (including phenoxy) is 1. The summed E-state index contributed by atoms with van der Waals surface area (Å²) in [7, 11) is 0. The zero-order valence-corrected chi connectivity index (χ0v) is 10.3. The van der Waals surface area contributed by atoms with Crippen LogP contribution in [-0.2, 0) is 4.74 Å². The summed E-state index contributed by atoms with van der Waals surface area (Å²) in [5.41, 5.74) is 0. The molecule has 1 unspecified atom stereocenters. The second-order valence-corrected chi connectivity index (χ2v) is 4.33. The van der Waals surface area contributed by atoms with Gasteiger partial charge >= 0.3 is 0 Å². The van der Waals surface area contributed by atoms with Gasteiger partial charge in [-0.05, 0) is 19.9 Å². The van der Waals surface area contributed by atoms with Crippen molar-refractivity contribution in [1.29, 1.82) is 0 Å². The predicted octanol–water partition coefficient (Wildman–Crippen LogP) is 0.906. The fourth-order valence-corrected chi connectivity index (χ4v) is 1.93. The minimum Gasteiger partial charge on any atom is -0.384 e. The zero-order chi connectivity index (χ0) is 12.3. The van der Waals surface area contributed by atoms with E-state index in [0.29, 0.717) is 12.4 Å². The Hall–Kier alpha value is -0.980. The number of aliphatic hydroxyl groups excluding tert-OH is 1. The van der Waals surface area contributed by atoms with E-state index in [1.165, 1.54) is 0 Å². The van der Waals surface area contributed by atoms with Crippen LogP contribution in [0.2, 0.25) is 0 Å². The second kappa shape index (κ2) is 5.57. The first-order valence-electron chi connectivity index (χ1n) is 6.06. The highest BCUT2D eigenvalue weighted by atomic mass is 16.5. The van der Waals surface area contributed by atoms with Crippen molar-refractivity contribution in [2.75, 3.05) is 26.2 Å². The molecule has 1 aliphatic heterocycles. The van der Waals surface area contributed by atoms with Crippen LogP contribution in [0.1, 0.15) is 44.2 Å². The molecule has 0 amide bonds. The molecule has 0 aromatic carbocycles. The summed E-state index contributed by atoms with van der Waals surface area (Å²) in [4.78, 5) is 6.47. The molecule has 2 rings (SSSR count). The van der Waals surface area contributed by atoms with E-state index in [1.54, 1.807) is 6.92 Å². The summed E-state index contributed by atoms with van der Waals surface area (Å²) in [5.74, 6) is 0.776. The summed E-state index contributed by atoms with van der Waals surface area (Å²) in [6.45, 7) is 7.23. The standard InChI is InChI=1S/C11H19N3O3/c1-3-4-14-5-6-16-9(7-14)10-12-11(8(2)15)17-13-10/h8-9,15H,3-7H2,1-2H3/t8-,9?/m0/s1. The third-order valence-corrected chi connectivity index (χ3v) is 2.79. The van der Waals surface area contributed by atoms with Crippen molar-refractivity contribution in [2.45, 2.75) is 32.5 Å². The van der Waals surface area contributed by atoms with Gasteiger partial charge in [-0.2, -0.15) is 4.98 Å². The van der Waals surface area contributed by atoms with Crippen molar-refractivity contribution >= 4 is 0 Å². The number of aromatic nitrogens is 2. The molecule has 1 N–H and O–H groups in total. The molecule has 0 spiro atoms. The molecular formula is C11H19N3O3. The maximum absolute atomic E-state index is 9.32. The maximum Gasteiger partial charge on any atom is 0.255 e. The summed E-state index contributed by atoms with van der Waals surface area (Å²) in [6, 6.07) is 0. The van der Waals surface area contributed by atoms with Crippen LogP contribution in [-0.4, -0.2) is 46.4 Å². The summed E-state index contributed by atoms with van der Waals surface area (Å²) < 4.78 is 10.6. The van der Waals surface area contributed by atoms with Crippen LogP contribution in [0.25, 0.3) is 0 Å². The van der Waals surface area contributed by atoms with Crippen LogP contribution in [0.3, 0.4) is 0 Å². The molecule has 1 saturated heterocycles. The zero-order valence-electron chi connectivity index (χ0n) is 10.3. The van der Waals surface area contributed by atoms with Crippen LogP contribution < -0.4 is 0 Å². The van der Waals surface area contributed by atoms with E-state index >= 15 is 0 Å². The average molecular weight is 241 g/mol. The number of aliphatic hydroxyl groups is 1. The summed E-state index contributed by atoms with van der Waals surface area (Å²) >= 11 is 0. The number of rotatable bonds is 4. The molecule has 0 bridgehead atoms. The van der Waals surface area contributed by atoms with Crippen LogP contribution in [0.15, 0.2) is 4.52 Å². The third-order valence-electron chi connectivity index (χ3n) is 2.79. The van der Waals surface area contributed by atoms with Gasteiger partial charge in [0, 0.05) is 13.1 Å². The molecule has 0 aliphatic carbocycles. The van der Waals surface area contributed by atoms with Crippen LogP contribution in [0.4, 0.5) is 0 Å². The highest BCUT2D eigenvalue weighted by molar-refractivity contribution is 4.95. The molecule has 1 aliphatic rings. The monoisotopic (exact) mass is 241 g/mol. The molecule has 2 atom stereocenters. The van der Waals surface area contributed by atoms with Gasteiger partial charge in [0.25, 0.3) is 5.89 Å². The maximum atomic E-state index is 9.32. The summed E-state index contributed by atoms with van der Waals surface area (Å²) in [6.07, 6.45) is 0.246. The van der Waals surface area contributed by atoms with Gasteiger partial charge in [-0.25, -0.2) is 0 Å². The van der Waals surface area contributed by atoms with E-state index in [1.807, 2.05) is 0 Å². The summed E-state index contributed by atoms with van der Waals surface area (Å²) in [5, 5.41) is 13.2. The molecule has 6 nitrogen and oxygen atoms in total. The topological polar surface area (TPSA) is 71.6 Å². The van der Waals surface area contributed by atoms with E-state index in [2.05, 4.69) is 22.0 Å². The number of morpholine rings is 1. The van der Waals surface area contributed by atoms with E-state index < -0.39 is 6.10 Å². The lowest BCUT2D eigenvalue weighted by molar-refractivity contribution is -0.0350. The first kappa shape index (κ1) is 12.5. The van der Waals surface area contributed by atoms with Crippen molar-refractivity contribution in [2.24, 2.45) is 0 Å². The Kier molecular flexibility index (Phi) is 4.09. The molecule has 0 saturated carbocycles. The number of nitrogens with zero attached hydrogens (tertiary/aromatic N) is 3. The first-order valence-corrected chi connectivity index (χ1v) is 6.06. The highest BCUT2D eigenvalue weighted by Gasteiger charge is 2.26. The fraction of sp³-hybridized carbons (Fsp3) is 0.818. The van der Waals surface area contributed by atoms with E-state index in [-0.39, 0.29) is 12.0 Å². The van der Waals surface area contributed by atoms with Crippen molar-refractivity contribution in [3.05, 3.63) is 11.7 Å². The van der Waals surface area contributed by atoms with Crippen LogP contribution in [0, 0.1) is 0 Å². The molecule has 0 radical (unpaired) electrons. The molecule has 1 aromatic rings. The Morgan fingerprint density at radius 1 is 1.59 bits per heavy atom. The largest absolute Gasteiger partial charge is 0.384 e. The fourth-order valence-electron chi connectivity index (χ4n) is 1.93. The quantitative estimate of drug-likeness (QED) is 0.844. The van der Waals surface area contributed by atoms with Gasteiger partial charge in [-0.1, -0.05) is 12.1 Å². The van der Waals surface area contributed by atoms with Crippen LogP contribution >= 0.6 is 0 Å². The van der Waals surface area contributed by atoms with E-state index in [4.69, 9.17) is 9.26 Å². The lowest BCUT2D eigenvalue weighted by Crippen LogP contribution is -2.39.